The quantitative estimate of drug-likeness (QED) is 0.869. The summed E-state index contributed by atoms with van der Waals surface area (Å²) < 4.78 is 27.8. The van der Waals surface area contributed by atoms with Gasteiger partial charge in [-0.2, -0.15) is 0 Å². The number of carbonyl (C=O) groups excluding carboxylic acids is 1. The van der Waals surface area contributed by atoms with Gasteiger partial charge in [0, 0.05) is 22.8 Å². The zero-order chi connectivity index (χ0) is 15.5. The highest BCUT2D eigenvalue weighted by Gasteiger charge is 2.65. The van der Waals surface area contributed by atoms with E-state index in [0.29, 0.717) is 0 Å². The molecule has 20 heavy (non-hydrogen) atoms. The lowest BCUT2D eigenvalue weighted by Crippen LogP contribution is -2.29. The second kappa shape index (κ2) is 4.24. The van der Waals surface area contributed by atoms with E-state index in [1.54, 1.807) is 0 Å². The molecular weight excluding hydrogens is 302 g/mol. The van der Waals surface area contributed by atoms with Crippen molar-refractivity contribution in [1.29, 1.82) is 0 Å². The van der Waals surface area contributed by atoms with Gasteiger partial charge < -0.3 is 9.73 Å². The normalized spacial score (nSPS) is 20.7. The number of aryl methyl sites for hydroxylation is 1. The number of nitrogens with one attached hydrogen (secondary N) is 1. The van der Waals surface area contributed by atoms with Crippen molar-refractivity contribution in [3.8, 4) is 0 Å². The minimum atomic E-state index is -3.91. The first kappa shape index (κ1) is 15.4. The third-order valence-corrected chi connectivity index (χ3v) is 6.08. The molecule has 1 saturated carbocycles. The van der Waals surface area contributed by atoms with Gasteiger partial charge in [-0.15, -0.1) is 0 Å². The molecule has 0 atom stereocenters. The Bertz CT molecular complexity index is 659. The first-order valence-corrected chi connectivity index (χ1v) is 8.56. The molecule has 0 saturated heterocycles. The summed E-state index contributed by atoms with van der Waals surface area (Å²) in [5.41, 5.74) is -0.0165. The predicted molar refractivity (Wildman–Crippen MR) is 75.3 cm³/mol. The van der Waals surface area contributed by atoms with Crippen LogP contribution in [0.3, 0.4) is 0 Å². The van der Waals surface area contributed by atoms with E-state index in [2.05, 4.69) is 33.0 Å². The molecule has 1 amide bonds. The van der Waals surface area contributed by atoms with E-state index < -0.39 is 15.0 Å². The Kier molecular flexibility index (Phi) is 3.26. The van der Waals surface area contributed by atoms with Crippen LogP contribution in [0.25, 0.3) is 0 Å². The number of amides is 1. The van der Waals surface area contributed by atoms with E-state index in [4.69, 9.17) is 15.1 Å². The van der Waals surface area contributed by atoms with E-state index in [1.165, 1.54) is 6.92 Å². The first-order valence-electron chi connectivity index (χ1n) is 6.25. The fourth-order valence-electron chi connectivity index (χ4n) is 2.58. The summed E-state index contributed by atoms with van der Waals surface area (Å²) in [4.78, 5) is 12.0. The van der Waals surface area contributed by atoms with Crippen molar-refractivity contribution in [3.05, 3.63) is 17.6 Å². The summed E-state index contributed by atoms with van der Waals surface area (Å²) in [5, 5.41) is 2.87. The zero-order valence-corrected chi connectivity index (χ0v) is 13.6. The van der Waals surface area contributed by atoms with Gasteiger partial charge in [0.25, 0.3) is 15.0 Å². The Morgan fingerprint density at radius 2 is 1.80 bits per heavy atom. The molecule has 0 spiro atoms. The highest BCUT2D eigenvalue weighted by atomic mass is 35.7. The summed E-state index contributed by atoms with van der Waals surface area (Å²) in [6.45, 7) is 9.73. The summed E-state index contributed by atoms with van der Waals surface area (Å²) in [6.07, 6.45) is 0. The molecule has 1 aliphatic rings. The summed E-state index contributed by atoms with van der Waals surface area (Å²) in [6, 6.07) is 1.18. The molecule has 1 aromatic rings. The minimum Gasteiger partial charge on any atom is -0.455 e. The van der Waals surface area contributed by atoms with E-state index in [1.807, 2.05) is 0 Å². The molecule has 0 aromatic carbocycles. The summed E-state index contributed by atoms with van der Waals surface area (Å²) in [7, 11) is 1.36. The van der Waals surface area contributed by atoms with Gasteiger partial charge in [-0.05, 0) is 17.8 Å². The van der Waals surface area contributed by atoms with Crippen molar-refractivity contribution in [2.24, 2.45) is 10.8 Å². The van der Waals surface area contributed by atoms with Gasteiger partial charge in [-0.3, -0.25) is 4.79 Å². The van der Waals surface area contributed by atoms with Crippen molar-refractivity contribution in [2.75, 3.05) is 0 Å². The Morgan fingerprint density at radius 1 is 1.30 bits per heavy atom. The van der Waals surface area contributed by atoms with Crippen molar-refractivity contribution in [2.45, 2.75) is 45.6 Å². The molecule has 0 radical (unpaired) electrons. The van der Waals surface area contributed by atoms with Gasteiger partial charge in [-0.25, -0.2) is 8.42 Å². The van der Waals surface area contributed by atoms with E-state index >= 15 is 0 Å². The molecule has 7 heteroatoms. The van der Waals surface area contributed by atoms with Crippen LogP contribution in [0.15, 0.2) is 15.4 Å². The van der Waals surface area contributed by atoms with Gasteiger partial charge in [0.1, 0.15) is 10.7 Å². The molecule has 5 nitrogen and oxygen atoms in total. The third kappa shape index (κ3) is 2.24. The zero-order valence-electron chi connectivity index (χ0n) is 12.1. The van der Waals surface area contributed by atoms with Crippen LogP contribution in [-0.4, -0.2) is 20.4 Å². The Labute approximate surface area is 123 Å². The van der Waals surface area contributed by atoms with Crippen LogP contribution in [0, 0.1) is 17.8 Å². The summed E-state index contributed by atoms with van der Waals surface area (Å²) >= 11 is 0. The molecule has 1 aliphatic carbocycles. The van der Waals surface area contributed by atoms with Gasteiger partial charge in [0.05, 0.1) is 0 Å². The van der Waals surface area contributed by atoms with Crippen LogP contribution in [0.5, 0.6) is 0 Å². The van der Waals surface area contributed by atoms with Crippen LogP contribution in [0.2, 0.25) is 0 Å². The molecule has 1 heterocycles. The van der Waals surface area contributed by atoms with Crippen molar-refractivity contribution in [1.82, 2.24) is 5.32 Å². The van der Waals surface area contributed by atoms with Crippen LogP contribution in [-0.2, 0) is 9.05 Å². The monoisotopic (exact) mass is 319 g/mol. The van der Waals surface area contributed by atoms with E-state index in [-0.39, 0.29) is 33.3 Å². The lowest BCUT2D eigenvalue weighted by molar-refractivity contribution is 0.0914. The number of hydrogen-bond acceptors (Lipinski definition) is 4. The van der Waals surface area contributed by atoms with Crippen molar-refractivity contribution >= 4 is 25.6 Å². The molecular formula is C13H18ClNO4S. The minimum absolute atomic E-state index is 0.00825. The fraction of sp³-hybridized carbons (Fsp3) is 0.615. The number of carbonyl (C=O) groups is 1. The first-order chi connectivity index (χ1) is 8.89. The molecule has 1 aromatic heterocycles. The van der Waals surface area contributed by atoms with E-state index in [9.17, 15) is 13.2 Å². The Hall–Kier alpha value is -1.01. The van der Waals surface area contributed by atoms with Crippen LogP contribution >= 0.6 is 10.7 Å². The largest absolute Gasteiger partial charge is 0.455 e. The number of rotatable bonds is 3. The van der Waals surface area contributed by atoms with Gasteiger partial charge >= 0.3 is 0 Å². The van der Waals surface area contributed by atoms with Crippen LogP contribution in [0.4, 0.5) is 0 Å². The SMILES string of the molecule is Cc1oc(C(=O)NC2C(C)(C)C2(C)C)cc1S(=O)(=O)Cl. The lowest BCUT2D eigenvalue weighted by atomic mass is 10.0. The van der Waals surface area contributed by atoms with Gasteiger partial charge in [0.2, 0.25) is 0 Å². The maximum Gasteiger partial charge on any atom is 0.287 e. The van der Waals surface area contributed by atoms with Gasteiger partial charge in [-0.1, -0.05) is 27.7 Å². The third-order valence-electron chi connectivity index (χ3n) is 4.65. The number of hydrogen-bond donors (Lipinski definition) is 1. The molecule has 1 fully saturated rings. The smallest absolute Gasteiger partial charge is 0.287 e. The lowest BCUT2D eigenvalue weighted by Gasteiger charge is -2.04. The second-order valence-electron chi connectivity index (χ2n) is 6.32. The Morgan fingerprint density at radius 3 is 2.15 bits per heavy atom. The average Bonchev–Trinajstić information content (AvgIpc) is 2.64. The maximum atomic E-state index is 12.1. The highest BCUT2D eigenvalue weighted by Crippen LogP contribution is 2.62. The molecule has 2 rings (SSSR count). The van der Waals surface area contributed by atoms with Crippen molar-refractivity contribution in [3.63, 3.8) is 0 Å². The molecule has 0 unspecified atom stereocenters. The number of furan rings is 1. The second-order valence-corrected chi connectivity index (χ2v) is 8.85. The molecule has 0 bridgehead atoms. The van der Waals surface area contributed by atoms with Crippen LogP contribution in [0.1, 0.15) is 44.0 Å². The number of halogens is 1. The Balaban J connectivity index is 2.21. The standard InChI is InChI=1S/C13H18ClNO4S/c1-7-9(20(14,17)18)6-8(19-7)10(16)15-11-12(2,3)13(11,4)5/h6,11H,1-5H3,(H,15,16). The summed E-state index contributed by atoms with van der Waals surface area (Å²) in [5.74, 6) is -0.358. The van der Waals surface area contributed by atoms with Gasteiger partial charge in [0.15, 0.2) is 5.76 Å². The van der Waals surface area contributed by atoms with E-state index in [0.717, 1.165) is 6.07 Å². The molecule has 0 aliphatic heterocycles. The maximum absolute atomic E-state index is 12.1. The van der Waals surface area contributed by atoms with Crippen LogP contribution < -0.4 is 5.32 Å². The fourth-order valence-corrected chi connectivity index (χ4v) is 3.67. The predicted octanol–water partition coefficient (Wildman–Crippen LogP) is 2.68. The topological polar surface area (TPSA) is 76.4 Å². The molecule has 1 N–H and O–H groups in total. The molecule has 112 valence electrons. The van der Waals surface area contributed by atoms with Crippen molar-refractivity contribution < 1.29 is 17.6 Å². The average molecular weight is 320 g/mol. The highest BCUT2D eigenvalue weighted by molar-refractivity contribution is 8.13.